The smallest absolute Gasteiger partial charge is 0.175 e. The number of nitrogens with zero attached hydrogens (tertiary/aromatic N) is 1. The second kappa shape index (κ2) is 6.52. The van der Waals surface area contributed by atoms with Crippen molar-refractivity contribution in [3.63, 3.8) is 0 Å². The molecule has 0 bridgehead atoms. The summed E-state index contributed by atoms with van der Waals surface area (Å²) < 4.78 is 16.1. The van der Waals surface area contributed by atoms with Crippen LogP contribution in [0.5, 0.6) is 11.5 Å². The van der Waals surface area contributed by atoms with Gasteiger partial charge in [0.15, 0.2) is 17.3 Å². The fraction of sp³-hybridized carbons (Fsp3) is 0.438. The standard InChI is InChI=1S/C16H22N2O3/c1-5-6-10(2)15-14(16(17)18-21-15)11-7-8-12(19-3)13(9-11)20-4/h7-10H,5-6H2,1-4H3,(H2,17,18). The first kappa shape index (κ1) is 15.2. The summed E-state index contributed by atoms with van der Waals surface area (Å²) in [5, 5.41) is 3.93. The van der Waals surface area contributed by atoms with Crippen LogP contribution in [0.2, 0.25) is 0 Å². The lowest BCUT2D eigenvalue weighted by atomic mass is 9.95. The molecule has 1 unspecified atom stereocenters. The monoisotopic (exact) mass is 290 g/mol. The maximum Gasteiger partial charge on any atom is 0.175 e. The van der Waals surface area contributed by atoms with Crippen LogP contribution >= 0.6 is 0 Å². The van der Waals surface area contributed by atoms with Gasteiger partial charge in [-0.3, -0.25) is 0 Å². The Morgan fingerprint density at radius 1 is 1.24 bits per heavy atom. The molecule has 0 fully saturated rings. The highest BCUT2D eigenvalue weighted by Gasteiger charge is 2.21. The Labute approximate surface area is 125 Å². The molecule has 2 rings (SSSR count). The number of benzene rings is 1. The molecular formula is C16H22N2O3. The first-order valence-electron chi connectivity index (χ1n) is 7.09. The van der Waals surface area contributed by atoms with E-state index in [4.69, 9.17) is 19.7 Å². The van der Waals surface area contributed by atoms with Gasteiger partial charge in [0.2, 0.25) is 0 Å². The van der Waals surface area contributed by atoms with Gasteiger partial charge in [0.25, 0.3) is 0 Å². The summed E-state index contributed by atoms with van der Waals surface area (Å²) in [5.41, 5.74) is 7.76. The molecule has 0 spiro atoms. The number of hydrogen-bond acceptors (Lipinski definition) is 5. The summed E-state index contributed by atoms with van der Waals surface area (Å²) >= 11 is 0. The molecule has 0 amide bonds. The summed E-state index contributed by atoms with van der Waals surface area (Å²) in [6.45, 7) is 4.26. The molecule has 0 saturated heterocycles. The summed E-state index contributed by atoms with van der Waals surface area (Å²) in [6.07, 6.45) is 2.10. The molecule has 5 heteroatoms. The molecule has 1 atom stereocenters. The maximum atomic E-state index is 5.99. The Balaban J connectivity index is 2.49. The number of rotatable bonds is 6. The Kier molecular flexibility index (Phi) is 4.73. The summed E-state index contributed by atoms with van der Waals surface area (Å²) in [7, 11) is 3.22. The molecule has 2 aromatic rings. The molecule has 114 valence electrons. The first-order valence-corrected chi connectivity index (χ1v) is 7.09. The second-order valence-electron chi connectivity index (χ2n) is 5.07. The average molecular weight is 290 g/mol. The maximum absolute atomic E-state index is 5.99. The van der Waals surface area contributed by atoms with E-state index < -0.39 is 0 Å². The fourth-order valence-corrected chi connectivity index (χ4v) is 2.50. The topological polar surface area (TPSA) is 70.5 Å². The zero-order valence-corrected chi connectivity index (χ0v) is 13.0. The number of anilines is 1. The lowest BCUT2D eigenvalue weighted by molar-refractivity contribution is 0.355. The van der Waals surface area contributed by atoms with Crippen molar-refractivity contribution in [2.45, 2.75) is 32.6 Å². The highest BCUT2D eigenvalue weighted by atomic mass is 16.5. The van der Waals surface area contributed by atoms with E-state index in [1.165, 1.54) is 0 Å². The van der Waals surface area contributed by atoms with E-state index in [2.05, 4.69) is 19.0 Å². The number of nitrogen functional groups attached to an aromatic ring is 1. The lowest BCUT2D eigenvalue weighted by Gasteiger charge is -2.12. The van der Waals surface area contributed by atoms with Crippen LogP contribution in [0.3, 0.4) is 0 Å². The number of nitrogens with two attached hydrogens (primary N) is 1. The third-order valence-corrected chi connectivity index (χ3v) is 3.59. The Morgan fingerprint density at radius 3 is 2.57 bits per heavy atom. The van der Waals surface area contributed by atoms with Crippen molar-refractivity contribution in [3.05, 3.63) is 24.0 Å². The normalized spacial score (nSPS) is 12.2. The van der Waals surface area contributed by atoms with E-state index in [-0.39, 0.29) is 5.92 Å². The predicted molar refractivity (Wildman–Crippen MR) is 82.8 cm³/mol. The molecular weight excluding hydrogens is 268 g/mol. The zero-order chi connectivity index (χ0) is 15.4. The fourth-order valence-electron chi connectivity index (χ4n) is 2.50. The van der Waals surface area contributed by atoms with Crippen molar-refractivity contribution in [2.24, 2.45) is 0 Å². The number of hydrogen-bond donors (Lipinski definition) is 1. The van der Waals surface area contributed by atoms with Gasteiger partial charge in [-0.2, -0.15) is 0 Å². The van der Waals surface area contributed by atoms with E-state index in [1.54, 1.807) is 14.2 Å². The first-order chi connectivity index (χ1) is 10.1. The summed E-state index contributed by atoms with van der Waals surface area (Å²) in [5.74, 6) is 2.83. The third kappa shape index (κ3) is 2.96. The van der Waals surface area contributed by atoms with Crippen molar-refractivity contribution in [2.75, 3.05) is 20.0 Å². The van der Waals surface area contributed by atoms with Crippen LogP contribution in [-0.4, -0.2) is 19.4 Å². The van der Waals surface area contributed by atoms with Crippen molar-refractivity contribution >= 4 is 5.82 Å². The molecule has 1 heterocycles. The van der Waals surface area contributed by atoms with Crippen molar-refractivity contribution in [1.82, 2.24) is 5.16 Å². The van der Waals surface area contributed by atoms with Gasteiger partial charge in [-0.05, 0) is 24.1 Å². The molecule has 0 aliphatic heterocycles. The van der Waals surface area contributed by atoms with Crippen molar-refractivity contribution in [3.8, 4) is 22.6 Å². The average Bonchev–Trinajstić information content (AvgIpc) is 2.88. The highest BCUT2D eigenvalue weighted by molar-refractivity contribution is 5.77. The summed E-state index contributed by atoms with van der Waals surface area (Å²) in [6, 6.07) is 5.69. The Morgan fingerprint density at radius 2 is 1.95 bits per heavy atom. The molecule has 0 saturated carbocycles. The minimum Gasteiger partial charge on any atom is -0.493 e. The van der Waals surface area contributed by atoms with Gasteiger partial charge in [0, 0.05) is 5.92 Å². The second-order valence-corrected chi connectivity index (χ2v) is 5.07. The molecule has 2 N–H and O–H groups in total. The van der Waals surface area contributed by atoms with Crippen LogP contribution in [0.1, 0.15) is 38.4 Å². The van der Waals surface area contributed by atoms with E-state index in [0.717, 1.165) is 29.7 Å². The minimum atomic E-state index is 0.267. The lowest BCUT2D eigenvalue weighted by Crippen LogP contribution is -1.96. The van der Waals surface area contributed by atoms with E-state index >= 15 is 0 Å². The summed E-state index contributed by atoms with van der Waals surface area (Å²) in [4.78, 5) is 0. The molecule has 5 nitrogen and oxygen atoms in total. The van der Waals surface area contributed by atoms with Gasteiger partial charge in [-0.25, -0.2) is 0 Å². The molecule has 0 radical (unpaired) electrons. The van der Waals surface area contributed by atoms with Gasteiger partial charge in [0.1, 0.15) is 5.76 Å². The van der Waals surface area contributed by atoms with Gasteiger partial charge in [-0.1, -0.05) is 31.5 Å². The molecule has 1 aromatic carbocycles. The quantitative estimate of drug-likeness (QED) is 0.875. The van der Waals surface area contributed by atoms with Gasteiger partial charge in [-0.15, -0.1) is 0 Å². The van der Waals surface area contributed by atoms with E-state index in [1.807, 2.05) is 18.2 Å². The van der Waals surface area contributed by atoms with Crippen LogP contribution in [-0.2, 0) is 0 Å². The molecule has 0 aliphatic rings. The van der Waals surface area contributed by atoms with Gasteiger partial charge >= 0.3 is 0 Å². The molecule has 0 aliphatic carbocycles. The predicted octanol–water partition coefficient (Wildman–Crippen LogP) is 3.84. The minimum absolute atomic E-state index is 0.267. The van der Waals surface area contributed by atoms with Crippen LogP contribution in [0, 0.1) is 0 Å². The van der Waals surface area contributed by atoms with Crippen LogP contribution in [0.15, 0.2) is 22.7 Å². The largest absolute Gasteiger partial charge is 0.493 e. The Bertz CT molecular complexity index is 608. The molecule has 1 aromatic heterocycles. The van der Waals surface area contributed by atoms with E-state index in [9.17, 15) is 0 Å². The highest BCUT2D eigenvalue weighted by Crippen LogP contribution is 2.39. The Hall–Kier alpha value is -2.17. The number of ether oxygens (including phenoxy) is 2. The zero-order valence-electron chi connectivity index (χ0n) is 13.0. The SMILES string of the molecule is CCCC(C)c1onc(N)c1-c1ccc(OC)c(OC)c1. The van der Waals surface area contributed by atoms with Crippen LogP contribution in [0.25, 0.3) is 11.1 Å². The number of aromatic nitrogens is 1. The third-order valence-electron chi connectivity index (χ3n) is 3.59. The van der Waals surface area contributed by atoms with Crippen LogP contribution in [0.4, 0.5) is 5.82 Å². The van der Waals surface area contributed by atoms with Gasteiger partial charge in [0.05, 0.1) is 19.8 Å². The van der Waals surface area contributed by atoms with Crippen LogP contribution < -0.4 is 15.2 Å². The molecule has 21 heavy (non-hydrogen) atoms. The van der Waals surface area contributed by atoms with Gasteiger partial charge < -0.3 is 19.7 Å². The van der Waals surface area contributed by atoms with Crippen molar-refractivity contribution in [1.29, 1.82) is 0 Å². The van der Waals surface area contributed by atoms with Crippen molar-refractivity contribution < 1.29 is 14.0 Å². The van der Waals surface area contributed by atoms with E-state index in [0.29, 0.717) is 17.3 Å². The number of methoxy groups -OCH3 is 2.